The molecule has 28 heavy (non-hydrogen) atoms. The van der Waals surface area contributed by atoms with Crippen molar-refractivity contribution in [3.8, 4) is 10.6 Å². The van der Waals surface area contributed by atoms with Crippen LogP contribution in [0.1, 0.15) is 19.3 Å². The van der Waals surface area contributed by atoms with Crippen molar-refractivity contribution < 1.29 is 18.0 Å². The Kier molecular flexibility index (Phi) is 5.25. The fourth-order valence-electron chi connectivity index (χ4n) is 3.05. The number of nitrogens with one attached hydrogen (secondary N) is 1. The first kappa shape index (κ1) is 19.5. The van der Waals surface area contributed by atoms with Gasteiger partial charge in [-0.3, -0.25) is 14.9 Å². The lowest BCUT2D eigenvalue weighted by Gasteiger charge is -2.27. The molecule has 148 valence electrons. The second kappa shape index (κ2) is 7.54. The molecule has 8 nitrogen and oxygen atoms in total. The molecular formula is C16H15ClN4O4S3. The zero-order valence-corrected chi connectivity index (χ0v) is 17.6. The van der Waals surface area contributed by atoms with Crippen LogP contribution in [0.15, 0.2) is 22.6 Å². The Balaban J connectivity index is 1.48. The van der Waals surface area contributed by atoms with Crippen LogP contribution in [0.2, 0.25) is 4.34 Å². The number of thiazole rings is 1. The topological polar surface area (TPSA) is 109 Å². The molecule has 0 aromatic carbocycles. The van der Waals surface area contributed by atoms with E-state index in [0.717, 1.165) is 10.6 Å². The van der Waals surface area contributed by atoms with Crippen LogP contribution in [0.4, 0.5) is 5.13 Å². The molecule has 0 saturated carbocycles. The maximum Gasteiger partial charge on any atom is 0.273 e. The maximum absolute atomic E-state index is 12.6. The lowest BCUT2D eigenvalue weighted by molar-refractivity contribution is -0.133. The van der Waals surface area contributed by atoms with E-state index in [-0.39, 0.29) is 36.0 Å². The van der Waals surface area contributed by atoms with Crippen molar-refractivity contribution in [3.05, 3.63) is 21.8 Å². The number of halogens is 1. The number of sulfone groups is 1. The molecule has 0 aliphatic carbocycles. The highest BCUT2D eigenvalue weighted by atomic mass is 35.5. The number of anilines is 1. The Morgan fingerprint density at radius 1 is 1.32 bits per heavy atom. The van der Waals surface area contributed by atoms with E-state index in [0.29, 0.717) is 15.9 Å². The number of hydrogen-bond acceptors (Lipinski definition) is 8. The lowest BCUT2D eigenvalue weighted by atomic mass is 10.1. The summed E-state index contributed by atoms with van der Waals surface area (Å²) < 4.78 is 24.0. The van der Waals surface area contributed by atoms with Gasteiger partial charge >= 0.3 is 0 Å². The number of thiophene rings is 1. The van der Waals surface area contributed by atoms with Gasteiger partial charge in [0.2, 0.25) is 5.91 Å². The summed E-state index contributed by atoms with van der Waals surface area (Å²) in [7, 11) is -3.16. The number of amides is 2. The minimum atomic E-state index is -3.16. The molecule has 0 spiro atoms. The number of hydrazone groups is 1. The van der Waals surface area contributed by atoms with Crippen molar-refractivity contribution in [2.24, 2.45) is 5.10 Å². The minimum Gasteiger partial charge on any atom is -0.297 e. The van der Waals surface area contributed by atoms with E-state index >= 15 is 0 Å². The molecular weight excluding hydrogens is 444 g/mol. The third kappa shape index (κ3) is 4.12. The van der Waals surface area contributed by atoms with Gasteiger partial charge in [-0.25, -0.2) is 18.4 Å². The van der Waals surface area contributed by atoms with E-state index < -0.39 is 21.8 Å². The van der Waals surface area contributed by atoms with E-state index in [1.54, 1.807) is 6.07 Å². The highest BCUT2D eigenvalue weighted by molar-refractivity contribution is 7.91. The molecule has 0 bridgehead atoms. The van der Waals surface area contributed by atoms with Crippen LogP contribution >= 0.6 is 34.3 Å². The molecule has 4 rings (SSSR count). The quantitative estimate of drug-likeness (QED) is 0.757. The molecule has 2 aromatic heterocycles. The summed E-state index contributed by atoms with van der Waals surface area (Å²) in [6.07, 6.45) is 0.671. The summed E-state index contributed by atoms with van der Waals surface area (Å²) >= 11 is 8.61. The third-order valence-corrected chi connectivity index (χ3v) is 8.19. The number of rotatable bonds is 4. The van der Waals surface area contributed by atoms with Crippen molar-refractivity contribution in [3.63, 3.8) is 0 Å². The summed E-state index contributed by atoms with van der Waals surface area (Å²) in [5, 5.41) is 10.3. The van der Waals surface area contributed by atoms with Crippen molar-refractivity contribution in [1.29, 1.82) is 0 Å². The van der Waals surface area contributed by atoms with E-state index in [4.69, 9.17) is 11.6 Å². The molecule has 2 aromatic rings. The predicted molar refractivity (Wildman–Crippen MR) is 110 cm³/mol. The Labute approximate surface area is 174 Å². The predicted octanol–water partition coefficient (Wildman–Crippen LogP) is 2.63. The van der Waals surface area contributed by atoms with Gasteiger partial charge in [0.1, 0.15) is 5.71 Å². The second-order valence-corrected chi connectivity index (χ2v) is 11.2. The van der Waals surface area contributed by atoms with Crippen molar-refractivity contribution in [2.45, 2.75) is 25.3 Å². The first-order chi connectivity index (χ1) is 13.3. The van der Waals surface area contributed by atoms with Crippen molar-refractivity contribution in [1.82, 2.24) is 9.99 Å². The molecule has 2 aliphatic heterocycles. The van der Waals surface area contributed by atoms with Crippen LogP contribution in [-0.2, 0) is 19.4 Å². The molecule has 2 aliphatic rings. The number of carbonyl (C=O) groups is 2. The Bertz CT molecular complexity index is 1080. The van der Waals surface area contributed by atoms with Gasteiger partial charge in [-0.1, -0.05) is 11.6 Å². The van der Waals surface area contributed by atoms with Gasteiger partial charge in [-0.15, -0.1) is 22.7 Å². The summed E-state index contributed by atoms with van der Waals surface area (Å²) in [6, 6.07) is 3.14. The standard InChI is InChI=1S/C16H15ClN4O4S3/c17-13-3-2-12(27-13)11-7-26-16(18-11)19-15(23)10-1-4-14(22)21(20-10)9-5-6-28(24,25)8-9/h2-3,7,9H,1,4-6,8H2,(H,18,19,23)/t9-/m0/s1. The summed E-state index contributed by atoms with van der Waals surface area (Å²) in [6.45, 7) is 0. The van der Waals surface area contributed by atoms with Gasteiger partial charge in [-0.05, 0) is 18.6 Å². The molecule has 4 heterocycles. The fraction of sp³-hybridized carbons (Fsp3) is 0.375. The lowest BCUT2D eigenvalue weighted by Crippen LogP contribution is -2.42. The monoisotopic (exact) mass is 458 g/mol. The van der Waals surface area contributed by atoms with E-state index in [2.05, 4.69) is 15.4 Å². The molecule has 1 N–H and O–H groups in total. The summed E-state index contributed by atoms with van der Waals surface area (Å²) in [4.78, 5) is 30.0. The fourth-order valence-corrected chi connectivity index (χ4v) is 6.53. The maximum atomic E-state index is 12.6. The molecule has 1 saturated heterocycles. The first-order valence-corrected chi connectivity index (χ1v) is 12.3. The van der Waals surface area contributed by atoms with Crippen LogP contribution in [0, 0.1) is 0 Å². The Morgan fingerprint density at radius 3 is 2.82 bits per heavy atom. The average Bonchev–Trinajstić information content (AvgIpc) is 3.35. The summed E-state index contributed by atoms with van der Waals surface area (Å²) in [5.74, 6) is -0.781. The third-order valence-electron chi connectivity index (χ3n) is 4.43. The van der Waals surface area contributed by atoms with Crippen molar-refractivity contribution in [2.75, 3.05) is 16.8 Å². The van der Waals surface area contributed by atoms with Gasteiger partial charge < -0.3 is 0 Å². The van der Waals surface area contributed by atoms with Gasteiger partial charge in [0.15, 0.2) is 15.0 Å². The summed E-state index contributed by atoms with van der Waals surface area (Å²) in [5.41, 5.74) is 0.913. The van der Waals surface area contributed by atoms with Gasteiger partial charge in [0.25, 0.3) is 5.91 Å². The van der Waals surface area contributed by atoms with Gasteiger partial charge in [0, 0.05) is 18.2 Å². The van der Waals surface area contributed by atoms with Gasteiger partial charge in [0.05, 0.1) is 32.5 Å². The molecule has 2 amide bonds. The molecule has 0 unspecified atom stereocenters. The van der Waals surface area contributed by atoms with E-state index in [9.17, 15) is 18.0 Å². The zero-order chi connectivity index (χ0) is 19.9. The second-order valence-electron chi connectivity index (χ2n) is 6.44. The van der Waals surface area contributed by atoms with E-state index in [1.807, 2.05) is 11.4 Å². The smallest absolute Gasteiger partial charge is 0.273 e. The molecule has 1 atom stereocenters. The highest BCUT2D eigenvalue weighted by Gasteiger charge is 2.37. The van der Waals surface area contributed by atoms with Crippen LogP contribution in [0.25, 0.3) is 10.6 Å². The van der Waals surface area contributed by atoms with Gasteiger partial charge in [-0.2, -0.15) is 5.10 Å². The number of aromatic nitrogens is 1. The van der Waals surface area contributed by atoms with Crippen molar-refractivity contribution >= 4 is 66.8 Å². The van der Waals surface area contributed by atoms with Crippen LogP contribution < -0.4 is 5.32 Å². The SMILES string of the molecule is O=C(Nc1nc(-c2ccc(Cl)s2)cs1)C1=NN([C@H]2CCS(=O)(=O)C2)C(=O)CC1. The highest BCUT2D eigenvalue weighted by Crippen LogP contribution is 2.33. The van der Waals surface area contributed by atoms with Crippen LogP contribution in [0.5, 0.6) is 0 Å². The van der Waals surface area contributed by atoms with E-state index in [1.165, 1.54) is 27.7 Å². The average molecular weight is 459 g/mol. The first-order valence-electron chi connectivity index (χ1n) is 8.43. The Morgan fingerprint density at radius 2 is 2.14 bits per heavy atom. The molecule has 12 heteroatoms. The number of carbonyl (C=O) groups excluding carboxylic acids is 2. The minimum absolute atomic E-state index is 0.0348. The molecule has 1 fully saturated rings. The number of hydrogen-bond donors (Lipinski definition) is 1. The molecule has 0 radical (unpaired) electrons. The number of nitrogens with zero attached hydrogens (tertiary/aromatic N) is 3. The largest absolute Gasteiger partial charge is 0.297 e. The normalized spacial score (nSPS) is 21.6. The van der Waals surface area contributed by atoms with Crippen LogP contribution in [-0.4, -0.2) is 53.5 Å². The van der Waals surface area contributed by atoms with Crippen LogP contribution in [0.3, 0.4) is 0 Å². The Hall–Kier alpha value is -1.82. The zero-order valence-electron chi connectivity index (χ0n) is 14.4.